The minimum Gasteiger partial charge on any atom is -0.355 e. The lowest BCUT2D eigenvalue weighted by Gasteiger charge is -2.07. The van der Waals surface area contributed by atoms with Gasteiger partial charge in [-0.2, -0.15) is 0 Å². The molecular weight excluding hydrogens is 190 g/mol. The van der Waals surface area contributed by atoms with Crippen LogP contribution in [0.1, 0.15) is 18.1 Å². The fraction of sp³-hybridized carbons (Fsp3) is 0.455. The molecule has 1 heterocycles. The number of amides is 1. The first-order valence-corrected chi connectivity index (χ1v) is 5.05. The van der Waals surface area contributed by atoms with E-state index in [0.29, 0.717) is 6.54 Å². The van der Waals surface area contributed by atoms with E-state index in [9.17, 15) is 4.79 Å². The number of aromatic nitrogens is 1. The summed E-state index contributed by atoms with van der Waals surface area (Å²) in [6, 6.07) is 1.99. The van der Waals surface area contributed by atoms with Crippen molar-refractivity contribution in [3.63, 3.8) is 0 Å². The van der Waals surface area contributed by atoms with Crippen LogP contribution in [-0.4, -0.2) is 24.0 Å². The Hall–Kier alpha value is -1.42. The van der Waals surface area contributed by atoms with Gasteiger partial charge in [-0.3, -0.25) is 9.78 Å². The average Bonchev–Trinajstić information content (AvgIpc) is 2.20. The highest BCUT2D eigenvalue weighted by molar-refractivity contribution is 5.72. The van der Waals surface area contributed by atoms with Crippen molar-refractivity contribution in [2.24, 2.45) is 0 Å². The fourth-order valence-electron chi connectivity index (χ4n) is 1.23. The molecule has 0 saturated carbocycles. The van der Waals surface area contributed by atoms with Crippen molar-refractivity contribution in [1.82, 2.24) is 15.6 Å². The Kier molecular flexibility index (Phi) is 4.77. The molecule has 0 aliphatic rings. The number of hydrogen-bond donors (Lipinski definition) is 2. The Balaban J connectivity index is 2.21. The van der Waals surface area contributed by atoms with Crippen LogP contribution >= 0.6 is 0 Å². The summed E-state index contributed by atoms with van der Waals surface area (Å²) in [5.74, 6) is 0.00867. The summed E-state index contributed by atoms with van der Waals surface area (Å²) in [5.41, 5.74) is 2.43. The number of nitrogens with one attached hydrogen (secondary N) is 2. The molecule has 0 fully saturated rings. The maximum Gasteiger partial charge on any atom is 0.216 e. The summed E-state index contributed by atoms with van der Waals surface area (Å²) >= 11 is 0. The molecule has 0 atom stereocenters. The van der Waals surface area contributed by atoms with Crippen molar-refractivity contribution in [2.45, 2.75) is 20.4 Å². The van der Waals surface area contributed by atoms with Gasteiger partial charge in [-0.05, 0) is 24.1 Å². The third kappa shape index (κ3) is 4.56. The van der Waals surface area contributed by atoms with E-state index in [1.165, 1.54) is 18.1 Å². The first-order valence-electron chi connectivity index (χ1n) is 5.05. The maximum absolute atomic E-state index is 10.6. The second-order valence-electron chi connectivity index (χ2n) is 3.46. The van der Waals surface area contributed by atoms with E-state index in [1.54, 1.807) is 6.20 Å². The zero-order chi connectivity index (χ0) is 11.1. The van der Waals surface area contributed by atoms with Crippen LogP contribution in [-0.2, 0) is 11.3 Å². The molecule has 0 bridgehead atoms. The van der Waals surface area contributed by atoms with Crippen molar-refractivity contribution < 1.29 is 4.79 Å². The number of hydrogen-bond acceptors (Lipinski definition) is 3. The van der Waals surface area contributed by atoms with E-state index in [1.807, 2.05) is 12.3 Å². The zero-order valence-electron chi connectivity index (χ0n) is 9.21. The minimum absolute atomic E-state index is 0.00867. The number of carbonyl (C=O) groups is 1. The predicted octanol–water partition coefficient (Wildman–Crippen LogP) is 0.616. The smallest absolute Gasteiger partial charge is 0.216 e. The number of pyridine rings is 1. The molecule has 1 aromatic rings. The van der Waals surface area contributed by atoms with Crippen LogP contribution in [0.2, 0.25) is 0 Å². The highest BCUT2D eigenvalue weighted by atomic mass is 16.1. The third-order valence-corrected chi connectivity index (χ3v) is 2.14. The SMILES string of the molecule is CC(=O)NCCNCc1cnccc1C. The largest absolute Gasteiger partial charge is 0.355 e. The summed E-state index contributed by atoms with van der Waals surface area (Å²) in [5, 5.41) is 5.97. The molecule has 0 aliphatic carbocycles. The highest BCUT2D eigenvalue weighted by Gasteiger charge is 1.96. The Morgan fingerprint density at radius 1 is 1.47 bits per heavy atom. The normalized spacial score (nSPS) is 10.0. The quantitative estimate of drug-likeness (QED) is 0.696. The molecule has 0 aromatic carbocycles. The molecule has 2 N–H and O–H groups in total. The second kappa shape index (κ2) is 6.14. The molecular formula is C11H17N3O. The van der Waals surface area contributed by atoms with Gasteiger partial charge in [0, 0.05) is 39.0 Å². The molecule has 4 nitrogen and oxygen atoms in total. The van der Waals surface area contributed by atoms with Crippen molar-refractivity contribution in [2.75, 3.05) is 13.1 Å². The third-order valence-electron chi connectivity index (χ3n) is 2.14. The molecule has 15 heavy (non-hydrogen) atoms. The van der Waals surface area contributed by atoms with E-state index in [2.05, 4.69) is 22.5 Å². The van der Waals surface area contributed by atoms with Gasteiger partial charge in [0.25, 0.3) is 0 Å². The minimum atomic E-state index is 0.00867. The summed E-state index contributed by atoms with van der Waals surface area (Å²) in [4.78, 5) is 14.6. The molecule has 4 heteroatoms. The average molecular weight is 207 g/mol. The Bertz CT molecular complexity index is 325. The Labute approximate surface area is 90.1 Å². The van der Waals surface area contributed by atoms with E-state index < -0.39 is 0 Å². The van der Waals surface area contributed by atoms with Gasteiger partial charge >= 0.3 is 0 Å². The molecule has 0 radical (unpaired) electrons. The van der Waals surface area contributed by atoms with Gasteiger partial charge in [0.15, 0.2) is 0 Å². The Morgan fingerprint density at radius 2 is 2.27 bits per heavy atom. The van der Waals surface area contributed by atoms with E-state index in [-0.39, 0.29) is 5.91 Å². The van der Waals surface area contributed by atoms with E-state index in [0.717, 1.165) is 13.1 Å². The topological polar surface area (TPSA) is 54.0 Å². The lowest BCUT2D eigenvalue weighted by atomic mass is 10.1. The molecule has 0 unspecified atom stereocenters. The first kappa shape index (κ1) is 11.7. The standard InChI is InChI=1S/C11H17N3O/c1-9-3-4-12-7-11(9)8-13-5-6-14-10(2)15/h3-4,7,13H,5-6,8H2,1-2H3,(H,14,15). The first-order chi connectivity index (χ1) is 7.20. The molecule has 0 aliphatic heterocycles. The van der Waals surface area contributed by atoms with Gasteiger partial charge in [-0.15, -0.1) is 0 Å². The molecule has 1 amide bonds. The lowest BCUT2D eigenvalue weighted by Crippen LogP contribution is -2.30. The van der Waals surface area contributed by atoms with Crippen molar-refractivity contribution >= 4 is 5.91 Å². The molecule has 0 saturated heterocycles. The van der Waals surface area contributed by atoms with Crippen LogP contribution in [0.4, 0.5) is 0 Å². The monoisotopic (exact) mass is 207 g/mol. The lowest BCUT2D eigenvalue weighted by molar-refractivity contribution is -0.118. The van der Waals surface area contributed by atoms with E-state index >= 15 is 0 Å². The molecule has 82 valence electrons. The van der Waals surface area contributed by atoms with Crippen LogP contribution in [0.25, 0.3) is 0 Å². The van der Waals surface area contributed by atoms with Gasteiger partial charge < -0.3 is 10.6 Å². The van der Waals surface area contributed by atoms with Gasteiger partial charge in [-0.25, -0.2) is 0 Å². The van der Waals surface area contributed by atoms with Crippen LogP contribution in [0, 0.1) is 6.92 Å². The van der Waals surface area contributed by atoms with Gasteiger partial charge in [0.2, 0.25) is 5.91 Å². The highest BCUT2D eigenvalue weighted by Crippen LogP contribution is 2.03. The molecule has 0 spiro atoms. The second-order valence-corrected chi connectivity index (χ2v) is 3.46. The van der Waals surface area contributed by atoms with E-state index in [4.69, 9.17) is 0 Å². The fourth-order valence-corrected chi connectivity index (χ4v) is 1.23. The summed E-state index contributed by atoms with van der Waals surface area (Å²) < 4.78 is 0. The predicted molar refractivity (Wildman–Crippen MR) is 59.4 cm³/mol. The molecule has 1 aromatic heterocycles. The number of nitrogens with zero attached hydrogens (tertiary/aromatic N) is 1. The van der Waals surface area contributed by atoms with Gasteiger partial charge in [0.1, 0.15) is 0 Å². The molecule has 1 rings (SSSR count). The maximum atomic E-state index is 10.6. The van der Waals surface area contributed by atoms with Gasteiger partial charge in [-0.1, -0.05) is 0 Å². The number of rotatable bonds is 5. The van der Waals surface area contributed by atoms with Crippen molar-refractivity contribution in [1.29, 1.82) is 0 Å². The van der Waals surface area contributed by atoms with Gasteiger partial charge in [0.05, 0.1) is 0 Å². The van der Waals surface area contributed by atoms with Crippen LogP contribution in [0.5, 0.6) is 0 Å². The summed E-state index contributed by atoms with van der Waals surface area (Å²) in [6.07, 6.45) is 3.65. The van der Waals surface area contributed by atoms with Crippen molar-refractivity contribution in [3.05, 3.63) is 29.6 Å². The zero-order valence-corrected chi connectivity index (χ0v) is 9.21. The van der Waals surface area contributed by atoms with Crippen LogP contribution in [0.3, 0.4) is 0 Å². The van der Waals surface area contributed by atoms with Crippen LogP contribution in [0.15, 0.2) is 18.5 Å². The Morgan fingerprint density at radius 3 is 2.93 bits per heavy atom. The summed E-state index contributed by atoms with van der Waals surface area (Å²) in [6.45, 7) is 5.81. The van der Waals surface area contributed by atoms with Crippen molar-refractivity contribution in [3.8, 4) is 0 Å². The van der Waals surface area contributed by atoms with Crippen LogP contribution < -0.4 is 10.6 Å². The number of aryl methyl sites for hydroxylation is 1. The number of carbonyl (C=O) groups excluding carboxylic acids is 1. The summed E-state index contributed by atoms with van der Waals surface area (Å²) in [7, 11) is 0.